The van der Waals surface area contributed by atoms with Crippen molar-refractivity contribution in [2.75, 3.05) is 9.80 Å². The van der Waals surface area contributed by atoms with Gasteiger partial charge in [-0.2, -0.15) is 0 Å². The van der Waals surface area contributed by atoms with Crippen LogP contribution in [0.1, 0.15) is 0 Å². The Balaban J connectivity index is 0.917. The highest BCUT2D eigenvalue weighted by Gasteiger charge is 2.45. The molecule has 0 bridgehead atoms. The molecule has 0 saturated carbocycles. The molecule has 4 nitrogen and oxygen atoms in total. The second-order valence-electron chi connectivity index (χ2n) is 27.2. The van der Waals surface area contributed by atoms with Crippen LogP contribution in [0.5, 0.6) is 0 Å². The van der Waals surface area contributed by atoms with Crippen molar-refractivity contribution >= 4 is 100 Å². The molecule has 0 unspecified atom stereocenters. The van der Waals surface area contributed by atoms with Gasteiger partial charge in [0.2, 0.25) is 0 Å². The summed E-state index contributed by atoms with van der Waals surface area (Å²) in [5.41, 5.74) is 28.1. The van der Waals surface area contributed by atoms with E-state index in [9.17, 15) is 0 Å². The van der Waals surface area contributed by atoms with Crippen LogP contribution in [-0.4, -0.2) is 16.7 Å². The first-order valence-corrected chi connectivity index (χ1v) is 35.4. The first-order chi connectivity index (χ1) is 51.0. The average molecular weight is 1310 g/mol. The molecule has 0 fully saturated rings. The zero-order valence-electron chi connectivity index (χ0n) is 56.2. The van der Waals surface area contributed by atoms with Crippen LogP contribution in [0.2, 0.25) is 0 Å². The van der Waals surface area contributed by atoms with E-state index in [0.29, 0.717) is 5.82 Å². The quantitative estimate of drug-likeness (QED) is 0.0954. The lowest BCUT2D eigenvalue weighted by Gasteiger charge is -2.45. The number of aromatic nitrogens is 2. The summed E-state index contributed by atoms with van der Waals surface area (Å²) in [4.78, 5) is 17.0. The van der Waals surface area contributed by atoms with Gasteiger partial charge in [0.25, 0.3) is 6.71 Å². The Bertz CT molecular complexity index is 5830. The van der Waals surface area contributed by atoms with E-state index in [1.807, 2.05) is 0 Å². The maximum absolute atomic E-state index is 5.99. The summed E-state index contributed by atoms with van der Waals surface area (Å²) in [6.45, 7) is -0.207. The third kappa shape index (κ3) is 10.6. The van der Waals surface area contributed by atoms with Gasteiger partial charge in [0.15, 0.2) is 5.82 Å². The predicted octanol–water partition coefficient (Wildman–Crippen LogP) is 24.2. The van der Waals surface area contributed by atoms with Crippen molar-refractivity contribution in [3.8, 4) is 101 Å². The Morgan fingerprint density at radius 2 is 0.495 bits per heavy atom. The fourth-order valence-corrected chi connectivity index (χ4v) is 16.1. The molecule has 18 aromatic rings. The fraction of sp³-hybridized carbons (Fsp3) is 0. The number of rotatable bonds is 11. The molecule has 20 rings (SSSR count). The molecule has 0 N–H and O–H groups in total. The molecule has 478 valence electrons. The highest BCUT2D eigenvalue weighted by Crippen LogP contribution is 2.51. The highest BCUT2D eigenvalue weighted by molar-refractivity contribution is 7.01. The van der Waals surface area contributed by atoms with Crippen LogP contribution < -0.4 is 26.2 Å². The highest BCUT2D eigenvalue weighted by atomic mass is 15.2. The first kappa shape index (κ1) is 59.6. The van der Waals surface area contributed by atoms with Gasteiger partial charge in [0.05, 0.1) is 11.4 Å². The van der Waals surface area contributed by atoms with Gasteiger partial charge in [0, 0.05) is 61.6 Å². The number of anilines is 6. The lowest BCUT2D eigenvalue weighted by molar-refractivity contribution is 1.18. The van der Waals surface area contributed by atoms with Gasteiger partial charge >= 0.3 is 0 Å². The van der Waals surface area contributed by atoms with Gasteiger partial charge in [-0.1, -0.05) is 279 Å². The summed E-state index contributed by atoms with van der Waals surface area (Å²) in [6.07, 6.45) is 0. The monoisotopic (exact) mass is 1310 g/mol. The number of nitrogens with zero attached hydrogens (tertiary/aromatic N) is 4. The summed E-state index contributed by atoms with van der Waals surface area (Å²) < 4.78 is 0. The second kappa shape index (κ2) is 24.8. The number of benzene rings is 17. The summed E-state index contributed by atoms with van der Waals surface area (Å²) in [6, 6.07) is 141. The molecule has 2 aliphatic rings. The first-order valence-electron chi connectivity index (χ1n) is 35.4. The molecule has 5 heteroatoms. The third-order valence-electron chi connectivity index (χ3n) is 21.1. The summed E-state index contributed by atoms with van der Waals surface area (Å²) >= 11 is 0. The van der Waals surface area contributed by atoms with Crippen molar-refractivity contribution in [2.45, 2.75) is 0 Å². The molecular weight excluding hydrogens is 1240 g/mol. The average Bonchev–Trinajstić information content (AvgIpc) is 0.685. The molecule has 3 heterocycles. The van der Waals surface area contributed by atoms with E-state index in [0.717, 1.165) is 118 Å². The van der Waals surface area contributed by atoms with Gasteiger partial charge < -0.3 is 9.80 Å². The summed E-state index contributed by atoms with van der Waals surface area (Å²) in [5, 5.41) is 9.50. The van der Waals surface area contributed by atoms with E-state index < -0.39 is 0 Å². The van der Waals surface area contributed by atoms with Crippen LogP contribution in [0.25, 0.3) is 144 Å². The van der Waals surface area contributed by atoms with Crippen LogP contribution in [0.3, 0.4) is 0 Å². The zero-order valence-corrected chi connectivity index (χ0v) is 56.2. The summed E-state index contributed by atoms with van der Waals surface area (Å²) in [7, 11) is 0. The van der Waals surface area contributed by atoms with Crippen LogP contribution in [0.4, 0.5) is 34.1 Å². The molecule has 0 saturated heterocycles. The van der Waals surface area contributed by atoms with Crippen molar-refractivity contribution in [3.63, 3.8) is 0 Å². The lowest BCUT2D eigenvalue weighted by atomic mass is 9.33. The summed E-state index contributed by atoms with van der Waals surface area (Å²) in [5.74, 6) is 0.617. The largest absolute Gasteiger partial charge is 0.311 e. The normalized spacial score (nSPS) is 12.2. The van der Waals surface area contributed by atoms with Crippen LogP contribution >= 0.6 is 0 Å². The second-order valence-corrected chi connectivity index (χ2v) is 27.2. The minimum atomic E-state index is -0.207. The smallest absolute Gasteiger partial charge is 0.252 e. The zero-order chi connectivity index (χ0) is 67.9. The van der Waals surface area contributed by atoms with Crippen LogP contribution in [0.15, 0.2) is 382 Å². The predicted molar refractivity (Wildman–Crippen MR) is 435 cm³/mol. The van der Waals surface area contributed by atoms with Crippen molar-refractivity contribution in [1.82, 2.24) is 9.97 Å². The molecule has 0 radical (unpaired) electrons. The Hall–Kier alpha value is -13.5. The van der Waals surface area contributed by atoms with E-state index in [2.05, 4.69) is 392 Å². The molecule has 17 aromatic carbocycles. The molecule has 0 amide bonds. The lowest BCUT2D eigenvalue weighted by Crippen LogP contribution is -2.61. The van der Waals surface area contributed by atoms with Crippen LogP contribution in [0, 0.1) is 0 Å². The fourth-order valence-electron chi connectivity index (χ4n) is 16.1. The van der Waals surface area contributed by atoms with E-state index in [1.54, 1.807) is 0 Å². The SMILES string of the molecule is c1ccc(-c2ccc(N3c4cc(-c5cc(-c6cc(-c7ccccc7)cc(-c7ccccc7)c6)nc(-c6cc(-c7ccccc7)cc(-c7ccccc7)c6)n5)cc5c4B(c4ccc6cc7ccccc7cc6c43)c3ccc4cc6ccccc6cc4c3N5c3ccc(-c4ccccc4)cc3)cc2)cc1. The van der Waals surface area contributed by atoms with Gasteiger partial charge in [-0.15, -0.1) is 0 Å². The molecule has 2 aliphatic heterocycles. The minimum absolute atomic E-state index is 0.207. The topological polar surface area (TPSA) is 32.3 Å². The number of hydrogen-bond acceptors (Lipinski definition) is 4. The maximum Gasteiger partial charge on any atom is 0.252 e. The number of fused-ring (bicyclic) bond motifs is 10. The van der Waals surface area contributed by atoms with Gasteiger partial charge in [-0.05, 0) is 219 Å². The van der Waals surface area contributed by atoms with Crippen molar-refractivity contribution < 1.29 is 0 Å². The molecule has 0 aliphatic carbocycles. The van der Waals surface area contributed by atoms with E-state index in [1.165, 1.54) is 70.6 Å². The third-order valence-corrected chi connectivity index (χ3v) is 21.1. The van der Waals surface area contributed by atoms with E-state index >= 15 is 0 Å². The van der Waals surface area contributed by atoms with Crippen LogP contribution in [-0.2, 0) is 0 Å². The Labute approximate surface area is 599 Å². The molecule has 103 heavy (non-hydrogen) atoms. The van der Waals surface area contributed by atoms with E-state index in [-0.39, 0.29) is 6.71 Å². The minimum Gasteiger partial charge on any atom is -0.311 e. The standard InChI is InChI=1S/C98H63BN4/c1-7-23-64(24-8-1)70-39-45-85(46-40-70)102-93-61-83(92-63-91(82-55-78(66-27-11-3-12-28-66)53-79(56-82)67-29-13-4-14-30-67)100-98(101-92)84-57-80(68-31-15-5-16-32-68)54-81(58-84)69-33-17-6-18-34-69)62-94-95(93)99(89-49-43-76-51-72-35-19-21-37-74(72)59-87(76)96(89)102)90-50-44-77-52-73-36-20-22-38-75(73)60-88(77)97(90)103(94)86-47-41-71(42-48-86)65-25-9-2-10-26-65/h1-63H. The maximum atomic E-state index is 5.99. The van der Waals surface area contributed by atoms with Gasteiger partial charge in [-0.3, -0.25) is 0 Å². The Kier molecular flexibility index (Phi) is 14.3. The van der Waals surface area contributed by atoms with E-state index in [4.69, 9.17) is 9.97 Å². The van der Waals surface area contributed by atoms with Crippen molar-refractivity contribution in [1.29, 1.82) is 0 Å². The Morgan fingerprint density at radius 3 is 0.854 bits per heavy atom. The molecule has 1 aromatic heterocycles. The van der Waals surface area contributed by atoms with Gasteiger partial charge in [0.1, 0.15) is 0 Å². The van der Waals surface area contributed by atoms with Crippen molar-refractivity contribution in [2.24, 2.45) is 0 Å². The Morgan fingerprint density at radius 1 is 0.204 bits per heavy atom. The van der Waals surface area contributed by atoms with Crippen molar-refractivity contribution in [3.05, 3.63) is 382 Å². The van der Waals surface area contributed by atoms with Gasteiger partial charge in [-0.25, -0.2) is 9.97 Å². The molecular formula is C98H63BN4. The number of hydrogen-bond donors (Lipinski definition) is 0. The molecule has 0 atom stereocenters. The molecule has 0 spiro atoms.